The summed E-state index contributed by atoms with van der Waals surface area (Å²) in [7, 11) is 0. The van der Waals surface area contributed by atoms with Gasteiger partial charge in [-0.15, -0.1) is 0 Å². The number of aliphatic carboxylic acids is 1. The van der Waals surface area contributed by atoms with Gasteiger partial charge in [-0.25, -0.2) is 0 Å². The highest BCUT2D eigenvalue weighted by Gasteiger charge is 2.21. The Bertz CT molecular complexity index is 699. The van der Waals surface area contributed by atoms with E-state index in [1.54, 1.807) is 18.2 Å². The van der Waals surface area contributed by atoms with Crippen LogP contribution < -0.4 is 0 Å². The van der Waals surface area contributed by atoms with Crippen LogP contribution in [0.15, 0.2) is 48.5 Å². The minimum Gasteiger partial charge on any atom is -0.481 e. The summed E-state index contributed by atoms with van der Waals surface area (Å²) in [6.07, 6.45) is 0.475. The van der Waals surface area contributed by atoms with Crippen molar-refractivity contribution in [2.75, 3.05) is 0 Å². The monoisotopic (exact) mass is 350 g/mol. The minimum atomic E-state index is -0.962. The van der Waals surface area contributed by atoms with E-state index in [1.807, 2.05) is 30.3 Å². The molecule has 0 aliphatic heterocycles. The summed E-state index contributed by atoms with van der Waals surface area (Å²) in [5, 5.41) is 10.2. The fraction of sp³-hybridized carbons (Fsp3) is 0.222. The molecule has 1 unspecified atom stereocenters. The maximum absolute atomic E-state index is 12.2. The predicted molar refractivity (Wildman–Crippen MR) is 91.1 cm³/mol. The van der Waals surface area contributed by atoms with Gasteiger partial charge in [-0.3, -0.25) is 9.59 Å². The molecule has 120 valence electrons. The van der Waals surface area contributed by atoms with Crippen LogP contribution in [0.1, 0.15) is 17.5 Å². The molecule has 0 radical (unpaired) electrons. The number of carboxylic acid groups (broad SMARTS) is 1. The molecule has 0 aromatic heterocycles. The number of Topliss-reactive ketones (excluding diaryl/α,β-unsaturated/α-hetero) is 1. The second-order valence-electron chi connectivity index (χ2n) is 5.39. The molecule has 1 atom stereocenters. The molecular weight excluding hydrogens is 335 g/mol. The molecule has 0 aliphatic rings. The van der Waals surface area contributed by atoms with Crippen molar-refractivity contribution >= 4 is 35.0 Å². The van der Waals surface area contributed by atoms with E-state index < -0.39 is 11.9 Å². The van der Waals surface area contributed by atoms with Gasteiger partial charge < -0.3 is 5.11 Å². The van der Waals surface area contributed by atoms with E-state index in [1.165, 1.54) is 0 Å². The summed E-state index contributed by atoms with van der Waals surface area (Å²) in [6, 6.07) is 14.3. The largest absolute Gasteiger partial charge is 0.481 e. The van der Waals surface area contributed by atoms with E-state index in [4.69, 9.17) is 23.2 Å². The lowest BCUT2D eigenvalue weighted by atomic mass is 9.92. The highest BCUT2D eigenvalue weighted by molar-refractivity contribution is 6.42. The van der Waals surface area contributed by atoms with Gasteiger partial charge in [0.1, 0.15) is 5.78 Å². The van der Waals surface area contributed by atoms with Crippen LogP contribution in [0.4, 0.5) is 0 Å². The molecule has 0 aliphatic carbocycles. The lowest BCUT2D eigenvalue weighted by molar-refractivity contribution is -0.143. The van der Waals surface area contributed by atoms with Crippen molar-refractivity contribution in [1.82, 2.24) is 0 Å². The zero-order valence-corrected chi connectivity index (χ0v) is 13.8. The first-order valence-electron chi connectivity index (χ1n) is 7.18. The molecule has 3 nitrogen and oxygen atoms in total. The molecule has 0 spiro atoms. The third-order valence-corrected chi connectivity index (χ3v) is 4.27. The number of benzene rings is 2. The lowest BCUT2D eigenvalue weighted by Gasteiger charge is -2.12. The Labute approximate surface area is 144 Å². The third kappa shape index (κ3) is 5.38. The molecule has 2 aromatic carbocycles. The summed E-state index contributed by atoms with van der Waals surface area (Å²) in [5.41, 5.74) is 1.63. The van der Waals surface area contributed by atoms with Gasteiger partial charge in [0.05, 0.1) is 16.0 Å². The third-order valence-electron chi connectivity index (χ3n) is 3.53. The molecule has 2 rings (SSSR count). The maximum atomic E-state index is 12.2. The van der Waals surface area contributed by atoms with Gasteiger partial charge in [0, 0.05) is 12.8 Å². The predicted octanol–water partition coefficient (Wildman–Crippen LogP) is 4.44. The van der Waals surface area contributed by atoms with Crippen molar-refractivity contribution in [1.29, 1.82) is 0 Å². The number of hydrogen-bond donors (Lipinski definition) is 1. The molecule has 2 aromatic rings. The van der Waals surface area contributed by atoms with E-state index in [9.17, 15) is 14.7 Å². The number of carboxylic acids is 1. The average molecular weight is 351 g/mol. The van der Waals surface area contributed by atoms with Crippen molar-refractivity contribution in [3.8, 4) is 0 Å². The van der Waals surface area contributed by atoms with Crippen LogP contribution in [-0.4, -0.2) is 16.9 Å². The molecule has 0 bridgehead atoms. The minimum absolute atomic E-state index is 0.00945. The SMILES string of the molecule is O=C(Cc1ccc(Cl)c(Cl)c1)CC(Cc1ccccc1)C(=O)O. The van der Waals surface area contributed by atoms with E-state index in [0.29, 0.717) is 16.5 Å². The summed E-state index contributed by atoms with van der Waals surface area (Å²) < 4.78 is 0. The molecule has 23 heavy (non-hydrogen) atoms. The standard InChI is InChI=1S/C18H16Cl2O3/c19-16-7-6-13(10-17(16)20)9-15(21)11-14(18(22)23)8-12-4-2-1-3-5-12/h1-7,10,14H,8-9,11H2,(H,22,23). The Kier molecular flexibility index (Phi) is 6.20. The van der Waals surface area contributed by atoms with Gasteiger partial charge in [-0.1, -0.05) is 59.6 Å². The van der Waals surface area contributed by atoms with Gasteiger partial charge >= 0.3 is 5.97 Å². The van der Waals surface area contributed by atoms with Crippen molar-refractivity contribution < 1.29 is 14.7 Å². The van der Waals surface area contributed by atoms with Crippen LogP contribution in [0, 0.1) is 5.92 Å². The number of rotatable bonds is 7. The van der Waals surface area contributed by atoms with Crippen molar-refractivity contribution in [2.45, 2.75) is 19.3 Å². The Hall–Kier alpha value is -1.84. The molecule has 0 heterocycles. The smallest absolute Gasteiger partial charge is 0.307 e. The van der Waals surface area contributed by atoms with Crippen LogP contribution in [0.2, 0.25) is 10.0 Å². The molecule has 1 N–H and O–H groups in total. The molecule has 0 saturated carbocycles. The zero-order valence-electron chi connectivity index (χ0n) is 12.3. The first-order valence-corrected chi connectivity index (χ1v) is 7.93. The van der Waals surface area contributed by atoms with Crippen molar-refractivity contribution in [3.63, 3.8) is 0 Å². The second-order valence-corrected chi connectivity index (χ2v) is 6.21. The lowest BCUT2D eigenvalue weighted by Crippen LogP contribution is -2.21. The summed E-state index contributed by atoms with van der Waals surface area (Å²) in [4.78, 5) is 23.6. The summed E-state index contributed by atoms with van der Waals surface area (Å²) >= 11 is 11.8. The topological polar surface area (TPSA) is 54.4 Å². The first kappa shape index (κ1) is 17.5. The maximum Gasteiger partial charge on any atom is 0.307 e. The van der Waals surface area contributed by atoms with E-state index >= 15 is 0 Å². The average Bonchev–Trinajstić information content (AvgIpc) is 2.51. The number of hydrogen-bond acceptors (Lipinski definition) is 2. The molecule has 5 heteroatoms. The highest BCUT2D eigenvalue weighted by atomic mass is 35.5. The van der Waals surface area contributed by atoms with Gasteiger partial charge in [0.25, 0.3) is 0 Å². The van der Waals surface area contributed by atoms with E-state index in [2.05, 4.69) is 0 Å². The summed E-state index contributed by atoms with van der Waals surface area (Å²) in [6.45, 7) is 0. The van der Waals surface area contributed by atoms with Crippen LogP contribution >= 0.6 is 23.2 Å². The van der Waals surface area contributed by atoms with Crippen molar-refractivity contribution in [3.05, 3.63) is 69.7 Å². The van der Waals surface area contributed by atoms with Crippen LogP contribution in [0.5, 0.6) is 0 Å². The Morgan fingerprint density at radius 2 is 1.65 bits per heavy atom. The fourth-order valence-corrected chi connectivity index (χ4v) is 2.69. The van der Waals surface area contributed by atoms with Crippen LogP contribution in [0.25, 0.3) is 0 Å². The Morgan fingerprint density at radius 1 is 0.957 bits per heavy atom. The number of carbonyl (C=O) groups excluding carboxylic acids is 1. The fourth-order valence-electron chi connectivity index (χ4n) is 2.37. The quantitative estimate of drug-likeness (QED) is 0.802. The van der Waals surface area contributed by atoms with Gasteiger partial charge in [0.2, 0.25) is 0 Å². The number of halogens is 2. The Morgan fingerprint density at radius 3 is 2.26 bits per heavy atom. The van der Waals surface area contributed by atoms with Gasteiger partial charge in [-0.2, -0.15) is 0 Å². The summed E-state index contributed by atoms with van der Waals surface area (Å²) in [5.74, 6) is -1.82. The second kappa shape index (κ2) is 8.14. The normalized spacial score (nSPS) is 11.9. The van der Waals surface area contributed by atoms with Crippen molar-refractivity contribution in [2.24, 2.45) is 5.92 Å². The van der Waals surface area contributed by atoms with Gasteiger partial charge in [-0.05, 0) is 29.7 Å². The van der Waals surface area contributed by atoms with E-state index in [0.717, 1.165) is 11.1 Å². The molecule has 0 amide bonds. The number of ketones is 1. The Balaban J connectivity index is 2.00. The first-order chi connectivity index (χ1) is 11.0. The number of carbonyl (C=O) groups is 2. The van der Waals surface area contributed by atoms with Crippen LogP contribution in [0.3, 0.4) is 0 Å². The molecule has 0 fully saturated rings. The zero-order chi connectivity index (χ0) is 16.8. The molecule has 0 saturated heterocycles. The van der Waals surface area contributed by atoms with E-state index in [-0.39, 0.29) is 18.6 Å². The van der Waals surface area contributed by atoms with Gasteiger partial charge in [0.15, 0.2) is 0 Å². The van der Waals surface area contributed by atoms with Crippen LogP contribution in [-0.2, 0) is 22.4 Å². The highest BCUT2D eigenvalue weighted by Crippen LogP contribution is 2.23. The molecular formula is C18H16Cl2O3.